The number of rotatable bonds is 4. The molecule has 0 spiro atoms. The molecule has 32 heavy (non-hydrogen) atoms. The summed E-state index contributed by atoms with van der Waals surface area (Å²) in [6, 6.07) is 4.41. The summed E-state index contributed by atoms with van der Waals surface area (Å²) in [5.41, 5.74) is 0.430. The van der Waals surface area contributed by atoms with Gasteiger partial charge in [0, 0.05) is 19.1 Å². The van der Waals surface area contributed by atoms with Gasteiger partial charge in [0.25, 0.3) is 0 Å². The monoisotopic (exact) mass is 440 g/mol. The van der Waals surface area contributed by atoms with Crippen LogP contribution in [0.3, 0.4) is 0 Å². The van der Waals surface area contributed by atoms with Gasteiger partial charge in [-0.25, -0.2) is 24.0 Å². The van der Waals surface area contributed by atoms with Gasteiger partial charge in [0.05, 0.1) is 24.9 Å². The van der Waals surface area contributed by atoms with E-state index in [2.05, 4.69) is 25.0 Å². The molecule has 1 amide bonds. The van der Waals surface area contributed by atoms with E-state index in [9.17, 15) is 9.18 Å². The molecule has 0 atom stereocenters. The summed E-state index contributed by atoms with van der Waals surface area (Å²) in [5.74, 6) is 0.940. The fourth-order valence-electron chi connectivity index (χ4n) is 3.94. The number of carbonyl (C=O) groups excluding carboxylic acids is 1. The molecular formula is C22H25FN6O3. The van der Waals surface area contributed by atoms with Crippen molar-refractivity contribution in [2.24, 2.45) is 0 Å². The van der Waals surface area contributed by atoms with Crippen LogP contribution in [0.1, 0.15) is 26.7 Å². The molecule has 1 fully saturated rings. The fourth-order valence-corrected chi connectivity index (χ4v) is 3.94. The number of piperidine rings is 1. The Hall–Kier alpha value is -3.61. The van der Waals surface area contributed by atoms with Crippen LogP contribution in [0.25, 0.3) is 4.85 Å². The molecule has 168 valence electrons. The molecule has 9 nitrogen and oxygen atoms in total. The van der Waals surface area contributed by atoms with Crippen molar-refractivity contribution in [3.63, 3.8) is 0 Å². The predicted molar refractivity (Wildman–Crippen MR) is 117 cm³/mol. The maximum Gasteiger partial charge on any atom is 0.410 e. The van der Waals surface area contributed by atoms with E-state index in [1.165, 1.54) is 24.5 Å². The van der Waals surface area contributed by atoms with E-state index in [0.29, 0.717) is 43.6 Å². The minimum absolute atomic E-state index is 0.142. The largest absolute Gasteiger partial charge is 0.485 e. The Kier molecular flexibility index (Phi) is 6.25. The van der Waals surface area contributed by atoms with Gasteiger partial charge in [0.1, 0.15) is 18.8 Å². The molecule has 2 aliphatic heterocycles. The number of amides is 1. The lowest BCUT2D eigenvalue weighted by Gasteiger charge is -2.41. The zero-order chi connectivity index (χ0) is 22.7. The van der Waals surface area contributed by atoms with Gasteiger partial charge in [-0.05, 0) is 38.8 Å². The Morgan fingerprint density at radius 3 is 2.78 bits per heavy atom. The van der Waals surface area contributed by atoms with E-state index in [-0.39, 0.29) is 29.6 Å². The lowest BCUT2D eigenvalue weighted by Crippen LogP contribution is -2.49. The average Bonchev–Trinajstić information content (AvgIpc) is 2.80. The van der Waals surface area contributed by atoms with Crippen molar-refractivity contribution in [2.75, 3.05) is 36.5 Å². The lowest BCUT2D eigenvalue weighted by molar-refractivity contribution is 0.0687. The summed E-state index contributed by atoms with van der Waals surface area (Å²) in [6.45, 7) is 13.0. The van der Waals surface area contributed by atoms with Gasteiger partial charge >= 0.3 is 6.09 Å². The molecule has 0 saturated carbocycles. The molecule has 0 aliphatic carbocycles. The second kappa shape index (κ2) is 9.26. The molecule has 4 rings (SSSR count). The molecule has 0 bridgehead atoms. The van der Waals surface area contributed by atoms with Crippen LogP contribution in [0.5, 0.6) is 5.75 Å². The first-order valence-electron chi connectivity index (χ1n) is 10.6. The first-order chi connectivity index (χ1) is 15.5. The number of nitrogens with one attached hydrogen (secondary N) is 1. The molecule has 1 aromatic heterocycles. The van der Waals surface area contributed by atoms with E-state index in [1.54, 1.807) is 4.90 Å². The smallest absolute Gasteiger partial charge is 0.410 e. The van der Waals surface area contributed by atoms with Crippen molar-refractivity contribution in [2.45, 2.75) is 38.8 Å². The number of benzene rings is 1. The van der Waals surface area contributed by atoms with Gasteiger partial charge in [-0.2, -0.15) is 0 Å². The van der Waals surface area contributed by atoms with Crippen LogP contribution in [0.2, 0.25) is 0 Å². The van der Waals surface area contributed by atoms with Crippen LogP contribution < -0.4 is 15.0 Å². The zero-order valence-electron chi connectivity index (χ0n) is 18.0. The number of ether oxygens (including phenoxy) is 2. The average molecular weight is 440 g/mol. The summed E-state index contributed by atoms with van der Waals surface area (Å²) < 4.78 is 25.5. The molecule has 0 radical (unpaired) electrons. The topological polar surface area (TPSA) is 84.2 Å². The summed E-state index contributed by atoms with van der Waals surface area (Å²) in [4.78, 5) is 28.0. The summed E-state index contributed by atoms with van der Waals surface area (Å²) in [6.07, 6.45) is 2.57. The number of aromatic nitrogens is 2. The number of hydrogen-bond acceptors (Lipinski definition) is 7. The first kappa shape index (κ1) is 21.6. The molecule has 1 saturated heterocycles. The van der Waals surface area contributed by atoms with E-state index >= 15 is 0 Å². The number of halogens is 1. The minimum Gasteiger partial charge on any atom is -0.485 e. The first-order valence-corrected chi connectivity index (χ1v) is 10.6. The summed E-state index contributed by atoms with van der Waals surface area (Å²) in [5, 5.41) is 2.97. The Balaban J connectivity index is 1.49. The molecule has 2 aliphatic rings. The molecule has 3 heterocycles. The number of hydrogen-bond donors (Lipinski definition) is 1. The Labute approximate surface area is 186 Å². The molecule has 0 unspecified atom stereocenters. The van der Waals surface area contributed by atoms with Crippen LogP contribution in [0.15, 0.2) is 24.5 Å². The van der Waals surface area contributed by atoms with E-state index in [0.717, 1.165) is 12.8 Å². The number of fused-ring (bicyclic) bond motifs is 1. The van der Waals surface area contributed by atoms with Crippen molar-refractivity contribution in [1.29, 1.82) is 0 Å². The van der Waals surface area contributed by atoms with Gasteiger partial charge in [0.15, 0.2) is 17.3 Å². The van der Waals surface area contributed by atoms with E-state index in [4.69, 9.17) is 16.0 Å². The van der Waals surface area contributed by atoms with Gasteiger partial charge < -0.3 is 24.6 Å². The highest BCUT2D eigenvalue weighted by molar-refractivity contribution is 5.72. The molecule has 1 aromatic carbocycles. The molecule has 1 N–H and O–H groups in total. The molecule has 2 aromatic rings. The Morgan fingerprint density at radius 1 is 1.31 bits per heavy atom. The van der Waals surface area contributed by atoms with Gasteiger partial charge in [0.2, 0.25) is 5.75 Å². The predicted octanol–water partition coefficient (Wildman–Crippen LogP) is 4.12. The second-order valence-electron chi connectivity index (χ2n) is 7.97. The second-order valence-corrected chi connectivity index (χ2v) is 7.97. The number of anilines is 3. The summed E-state index contributed by atoms with van der Waals surface area (Å²) >= 11 is 0. The third kappa shape index (κ3) is 4.51. The van der Waals surface area contributed by atoms with Crippen LogP contribution in [0.4, 0.5) is 32.2 Å². The SMILES string of the molecule is [C-]#[N+]c1ccc(Nc2ncnc3c2OCCN3C2CCN(C(=O)OC(C)C)CC2)c(F)c1. The van der Waals surface area contributed by atoms with Crippen molar-refractivity contribution >= 4 is 29.1 Å². The van der Waals surface area contributed by atoms with Crippen LogP contribution in [-0.2, 0) is 4.74 Å². The maximum absolute atomic E-state index is 14.4. The van der Waals surface area contributed by atoms with Crippen molar-refractivity contribution in [3.8, 4) is 5.75 Å². The van der Waals surface area contributed by atoms with Crippen LogP contribution in [-0.4, -0.2) is 59.3 Å². The van der Waals surface area contributed by atoms with Gasteiger partial charge in [-0.1, -0.05) is 6.07 Å². The Bertz CT molecular complexity index is 1030. The number of likely N-dealkylation sites (tertiary alicyclic amines) is 1. The third-order valence-electron chi connectivity index (χ3n) is 5.47. The quantitative estimate of drug-likeness (QED) is 0.716. The standard InChI is InChI=1S/C22H25FN6O3/c1-14(2)32-22(30)28-8-6-16(7-9-28)29-10-11-31-19-20(25-13-26-21(19)29)27-18-5-4-15(24-3)12-17(18)23/h4-5,12-14,16H,6-11H2,1-2H3,(H,25,26,27). The van der Waals surface area contributed by atoms with E-state index in [1.807, 2.05) is 13.8 Å². The highest BCUT2D eigenvalue weighted by Crippen LogP contribution is 2.39. The highest BCUT2D eigenvalue weighted by Gasteiger charge is 2.33. The maximum atomic E-state index is 14.4. The minimum atomic E-state index is -0.542. The molecule has 10 heteroatoms. The van der Waals surface area contributed by atoms with Crippen LogP contribution in [0, 0.1) is 12.4 Å². The number of nitrogens with zero attached hydrogens (tertiary/aromatic N) is 5. The zero-order valence-corrected chi connectivity index (χ0v) is 18.0. The van der Waals surface area contributed by atoms with Crippen molar-refractivity contribution in [3.05, 3.63) is 41.8 Å². The summed E-state index contributed by atoms with van der Waals surface area (Å²) in [7, 11) is 0. The van der Waals surface area contributed by atoms with Crippen molar-refractivity contribution in [1.82, 2.24) is 14.9 Å². The van der Waals surface area contributed by atoms with E-state index < -0.39 is 5.82 Å². The lowest BCUT2D eigenvalue weighted by atomic mass is 10.0. The van der Waals surface area contributed by atoms with Crippen molar-refractivity contribution < 1.29 is 18.7 Å². The molecular weight excluding hydrogens is 415 g/mol. The van der Waals surface area contributed by atoms with Gasteiger partial charge in [-0.15, -0.1) is 0 Å². The normalized spacial score (nSPS) is 16.2. The Morgan fingerprint density at radius 2 is 2.09 bits per heavy atom. The fraction of sp³-hybridized carbons (Fsp3) is 0.455. The van der Waals surface area contributed by atoms with Crippen LogP contribution >= 0.6 is 0 Å². The van der Waals surface area contributed by atoms with Gasteiger partial charge in [-0.3, -0.25) is 0 Å². The highest BCUT2D eigenvalue weighted by atomic mass is 19.1. The number of carbonyl (C=O) groups is 1. The third-order valence-corrected chi connectivity index (χ3v) is 5.47.